The van der Waals surface area contributed by atoms with E-state index in [9.17, 15) is 4.79 Å². The van der Waals surface area contributed by atoms with E-state index in [1.165, 1.54) is 0 Å². The van der Waals surface area contributed by atoms with Crippen LogP contribution in [-0.4, -0.2) is 32.6 Å². The number of fused-ring (bicyclic) bond motifs is 3. The lowest BCUT2D eigenvalue weighted by Gasteiger charge is -2.16. The molecule has 0 bridgehead atoms. The van der Waals surface area contributed by atoms with Crippen LogP contribution in [0.15, 0.2) is 23.3 Å². The molecular weight excluding hydrogens is 242 g/mol. The number of H-pyrrole nitrogens is 2. The number of hydrogen-bond acceptors (Lipinski definition) is 3. The van der Waals surface area contributed by atoms with Crippen LogP contribution in [0.25, 0.3) is 22.1 Å². The molecule has 4 rings (SSSR count). The van der Waals surface area contributed by atoms with Crippen molar-refractivity contribution in [2.75, 3.05) is 13.1 Å². The van der Waals surface area contributed by atoms with Crippen molar-refractivity contribution in [2.24, 2.45) is 5.92 Å². The molecule has 0 aromatic carbocycles. The monoisotopic (exact) mass is 257 g/mol. The summed E-state index contributed by atoms with van der Waals surface area (Å²) in [6.45, 7) is 3.96. The van der Waals surface area contributed by atoms with Crippen molar-refractivity contribution in [1.29, 1.82) is 0 Å². The standard InChI is InChI=1S/C13H15N5O/c1-7-4-14-6-10(7)18-11-8-2-3-15-12(8)16-5-9(11)17-13(18)19/h2-3,5,7,10,14H,4,6H2,1H3,(H,15,16)(H,17,19)/t7-,10-/m1/s1. The number of nitrogens with zero attached hydrogens (tertiary/aromatic N) is 2. The molecule has 1 aliphatic rings. The first-order chi connectivity index (χ1) is 9.25. The number of hydrogen-bond donors (Lipinski definition) is 3. The summed E-state index contributed by atoms with van der Waals surface area (Å²) in [5.74, 6) is 0.443. The average Bonchev–Trinajstić information content (AvgIpc) is 3.05. The lowest BCUT2D eigenvalue weighted by atomic mass is 10.1. The average molecular weight is 257 g/mol. The van der Waals surface area contributed by atoms with E-state index < -0.39 is 0 Å². The highest BCUT2D eigenvalue weighted by Gasteiger charge is 2.28. The molecule has 1 fully saturated rings. The first-order valence-corrected chi connectivity index (χ1v) is 6.52. The SMILES string of the molecule is C[C@@H]1CNC[C@H]1n1c(=O)[nH]c2cnc3[nH]ccc3c21. The number of nitrogens with one attached hydrogen (secondary N) is 3. The van der Waals surface area contributed by atoms with Gasteiger partial charge in [-0.25, -0.2) is 9.78 Å². The van der Waals surface area contributed by atoms with Gasteiger partial charge in [0.1, 0.15) is 5.65 Å². The largest absolute Gasteiger partial charge is 0.346 e. The fourth-order valence-electron chi connectivity index (χ4n) is 3.08. The molecule has 0 spiro atoms. The van der Waals surface area contributed by atoms with Crippen LogP contribution in [0.5, 0.6) is 0 Å². The summed E-state index contributed by atoms with van der Waals surface area (Å²) in [6, 6.07) is 2.17. The first-order valence-electron chi connectivity index (χ1n) is 6.52. The Labute approximate surface area is 108 Å². The molecule has 6 nitrogen and oxygen atoms in total. The summed E-state index contributed by atoms with van der Waals surface area (Å²) in [5, 5.41) is 4.34. The minimum absolute atomic E-state index is 0.0500. The Balaban J connectivity index is 2.10. The van der Waals surface area contributed by atoms with Crippen LogP contribution in [0.2, 0.25) is 0 Å². The van der Waals surface area contributed by atoms with E-state index in [0.717, 1.165) is 35.2 Å². The Hall–Kier alpha value is -2.08. The Morgan fingerprint density at radius 1 is 1.42 bits per heavy atom. The molecule has 0 amide bonds. The molecule has 3 N–H and O–H groups in total. The first kappa shape index (κ1) is 10.8. The molecule has 2 atom stereocenters. The third-order valence-electron chi connectivity index (χ3n) is 4.07. The molecule has 3 aromatic heterocycles. The van der Waals surface area contributed by atoms with E-state index in [1.54, 1.807) is 6.20 Å². The molecule has 19 heavy (non-hydrogen) atoms. The minimum Gasteiger partial charge on any atom is -0.346 e. The van der Waals surface area contributed by atoms with Crippen molar-refractivity contribution in [1.82, 2.24) is 24.8 Å². The molecule has 0 aliphatic carbocycles. The zero-order valence-electron chi connectivity index (χ0n) is 10.6. The van der Waals surface area contributed by atoms with Gasteiger partial charge < -0.3 is 15.3 Å². The van der Waals surface area contributed by atoms with E-state index >= 15 is 0 Å². The summed E-state index contributed by atoms with van der Waals surface area (Å²) in [7, 11) is 0. The van der Waals surface area contributed by atoms with Gasteiger partial charge in [-0.1, -0.05) is 6.92 Å². The van der Waals surface area contributed by atoms with Crippen molar-refractivity contribution in [3.8, 4) is 0 Å². The molecule has 1 saturated heterocycles. The summed E-state index contributed by atoms with van der Waals surface area (Å²) in [6.07, 6.45) is 3.58. The van der Waals surface area contributed by atoms with E-state index in [-0.39, 0.29) is 11.7 Å². The van der Waals surface area contributed by atoms with Gasteiger partial charge in [-0.15, -0.1) is 0 Å². The smallest absolute Gasteiger partial charge is 0.326 e. The third kappa shape index (κ3) is 1.40. The molecule has 4 heterocycles. The summed E-state index contributed by atoms with van der Waals surface area (Å²) < 4.78 is 1.89. The molecule has 0 radical (unpaired) electrons. The van der Waals surface area contributed by atoms with Crippen LogP contribution >= 0.6 is 0 Å². The second-order valence-electron chi connectivity index (χ2n) is 5.26. The lowest BCUT2D eigenvalue weighted by Crippen LogP contribution is -2.26. The van der Waals surface area contributed by atoms with Crippen molar-refractivity contribution in [3.05, 3.63) is 28.9 Å². The molecular formula is C13H15N5O. The summed E-state index contributed by atoms with van der Waals surface area (Å²) in [5.41, 5.74) is 2.53. The van der Waals surface area contributed by atoms with Gasteiger partial charge in [0.05, 0.1) is 23.3 Å². The van der Waals surface area contributed by atoms with E-state index in [1.807, 2.05) is 16.8 Å². The predicted molar refractivity (Wildman–Crippen MR) is 73.3 cm³/mol. The van der Waals surface area contributed by atoms with Gasteiger partial charge in [-0.05, 0) is 18.5 Å². The van der Waals surface area contributed by atoms with Crippen LogP contribution < -0.4 is 11.0 Å². The van der Waals surface area contributed by atoms with Gasteiger partial charge in [-0.3, -0.25) is 4.57 Å². The maximum absolute atomic E-state index is 12.3. The zero-order chi connectivity index (χ0) is 13.0. The zero-order valence-corrected chi connectivity index (χ0v) is 10.6. The van der Waals surface area contributed by atoms with Crippen LogP contribution in [-0.2, 0) is 0 Å². The maximum atomic E-state index is 12.3. The van der Waals surface area contributed by atoms with Crippen LogP contribution in [0.1, 0.15) is 13.0 Å². The van der Waals surface area contributed by atoms with Crippen molar-refractivity contribution in [3.63, 3.8) is 0 Å². The fourth-order valence-corrected chi connectivity index (χ4v) is 3.08. The maximum Gasteiger partial charge on any atom is 0.326 e. The normalized spacial score (nSPS) is 23.6. The quantitative estimate of drug-likeness (QED) is 0.608. The van der Waals surface area contributed by atoms with E-state index in [2.05, 4.69) is 27.2 Å². The molecule has 6 heteroatoms. The van der Waals surface area contributed by atoms with Gasteiger partial charge in [0.2, 0.25) is 0 Å². The molecule has 0 unspecified atom stereocenters. The predicted octanol–water partition coefficient (Wildman–Crippen LogP) is 0.986. The second kappa shape index (κ2) is 3.71. The van der Waals surface area contributed by atoms with Crippen molar-refractivity contribution < 1.29 is 0 Å². The van der Waals surface area contributed by atoms with Crippen molar-refractivity contribution in [2.45, 2.75) is 13.0 Å². The highest BCUT2D eigenvalue weighted by atomic mass is 16.1. The third-order valence-corrected chi connectivity index (χ3v) is 4.07. The van der Waals surface area contributed by atoms with Gasteiger partial charge in [0, 0.05) is 18.1 Å². The number of pyridine rings is 1. The van der Waals surface area contributed by atoms with E-state index in [4.69, 9.17) is 0 Å². The number of aromatic amines is 2. The molecule has 98 valence electrons. The highest BCUT2D eigenvalue weighted by Crippen LogP contribution is 2.27. The fraction of sp³-hybridized carbons (Fsp3) is 0.385. The topological polar surface area (TPSA) is 78.5 Å². The van der Waals surface area contributed by atoms with Gasteiger partial charge in [0.25, 0.3) is 0 Å². The number of imidazole rings is 1. The molecule has 3 aromatic rings. The number of rotatable bonds is 1. The van der Waals surface area contributed by atoms with E-state index in [0.29, 0.717) is 5.92 Å². The Bertz CT molecular complexity index is 811. The minimum atomic E-state index is -0.0500. The summed E-state index contributed by atoms with van der Waals surface area (Å²) in [4.78, 5) is 22.6. The molecule has 0 saturated carbocycles. The summed E-state index contributed by atoms with van der Waals surface area (Å²) >= 11 is 0. The van der Waals surface area contributed by atoms with Crippen LogP contribution in [0.3, 0.4) is 0 Å². The molecule has 1 aliphatic heterocycles. The Kier molecular flexibility index (Phi) is 2.11. The van der Waals surface area contributed by atoms with Gasteiger partial charge in [0.15, 0.2) is 0 Å². The second-order valence-corrected chi connectivity index (χ2v) is 5.26. The van der Waals surface area contributed by atoms with Crippen molar-refractivity contribution >= 4 is 22.1 Å². The van der Waals surface area contributed by atoms with Crippen LogP contribution in [0.4, 0.5) is 0 Å². The van der Waals surface area contributed by atoms with Gasteiger partial charge in [-0.2, -0.15) is 0 Å². The Morgan fingerprint density at radius 3 is 3.11 bits per heavy atom. The highest BCUT2D eigenvalue weighted by molar-refractivity contribution is 6.00. The Morgan fingerprint density at radius 2 is 2.32 bits per heavy atom. The van der Waals surface area contributed by atoms with Crippen LogP contribution in [0, 0.1) is 5.92 Å². The number of aromatic nitrogens is 4. The van der Waals surface area contributed by atoms with Gasteiger partial charge >= 0.3 is 5.69 Å². The lowest BCUT2D eigenvalue weighted by molar-refractivity contribution is 0.438.